The maximum atomic E-state index is 14.5. The topological polar surface area (TPSA) is 215 Å². The molecule has 6 aromatic rings. The Morgan fingerprint density at radius 2 is 0.720 bits per heavy atom. The highest BCUT2D eigenvalue weighted by molar-refractivity contribution is 7.99. The minimum absolute atomic E-state index is 0.0665. The van der Waals surface area contributed by atoms with Crippen molar-refractivity contribution in [2.75, 3.05) is 17.3 Å². The number of fused-ring (bicyclic) bond motifs is 3. The van der Waals surface area contributed by atoms with Crippen LogP contribution in [0.3, 0.4) is 0 Å². The van der Waals surface area contributed by atoms with E-state index < -0.39 is 33.7 Å². The minimum Gasteiger partial charge on any atom is -0.286 e. The highest BCUT2D eigenvalue weighted by atomic mass is 32.2. The summed E-state index contributed by atoms with van der Waals surface area (Å²) in [6.45, 7) is 24.6. The molecule has 3 aliphatic rings. The van der Waals surface area contributed by atoms with Gasteiger partial charge in [0.15, 0.2) is 15.5 Å². The first-order chi connectivity index (χ1) is 35.2. The Labute approximate surface area is 446 Å². The quantitative estimate of drug-likeness (QED) is 0.151. The highest BCUT2D eigenvalue weighted by Gasteiger charge is 2.29. The monoisotopic (exact) mass is 1070 g/mol. The molecule has 3 atom stereocenters. The first kappa shape index (κ1) is 56.1. The van der Waals surface area contributed by atoms with E-state index in [1.54, 1.807) is 0 Å². The van der Waals surface area contributed by atoms with Crippen LogP contribution in [0.25, 0.3) is 33.8 Å². The lowest BCUT2D eigenvalue weighted by Gasteiger charge is -2.23. The van der Waals surface area contributed by atoms with Gasteiger partial charge >= 0.3 is 0 Å². The lowest BCUT2D eigenvalue weighted by molar-refractivity contribution is 0.459. The lowest BCUT2D eigenvalue weighted by atomic mass is 9.90. The average Bonchev–Trinajstić information content (AvgIpc) is 3.33. The summed E-state index contributed by atoms with van der Waals surface area (Å²) in [4.78, 5) is 64.1. The van der Waals surface area contributed by atoms with Crippen molar-refractivity contribution in [3.63, 3.8) is 0 Å². The Kier molecular flexibility index (Phi) is 16.4. The summed E-state index contributed by atoms with van der Waals surface area (Å²) in [5.74, 6) is 2.17. The van der Waals surface area contributed by atoms with Crippen molar-refractivity contribution in [3.05, 3.63) is 119 Å². The van der Waals surface area contributed by atoms with Gasteiger partial charge in [-0.1, -0.05) is 118 Å². The molecule has 75 heavy (non-hydrogen) atoms. The highest BCUT2D eigenvalue weighted by Crippen LogP contribution is 2.34. The van der Waals surface area contributed by atoms with Gasteiger partial charge in [-0.3, -0.25) is 43.0 Å². The summed E-state index contributed by atoms with van der Waals surface area (Å²) in [5.41, 5.74) is 0.0479. The van der Waals surface area contributed by atoms with Crippen molar-refractivity contribution >= 4 is 35.3 Å². The zero-order valence-corrected chi connectivity index (χ0v) is 46.3. The number of hydrogen-bond acceptors (Lipinski definition) is 15. The molecule has 6 aromatic heterocycles. The number of pyridine rings is 3. The molecule has 3 aliphatic heterocycles. The smallest absolute Gasteiger partial charge is 0.272 e. The Hall–Kier alpha value is -6.60. The Bertz CT molecular complexity index is 3190. The van der Waals surface area contributed by atoms with E-state index in [4.69, 9.17) is 0 Å². The third-order valence-corrected chi connectivity index (χ3v) is 16.1. The molecule has 9 heterocycles. The maximum Gasteiger partial charge on any atom is 0.272 e. The fourth-order valence-electron chi connectivity index (χ4n) is 8.45. The van der Waals surface area contributed by atoms with Crippen LogP contribution < -0.4 is 16.7 Å². The summed E-state index contributed by atoms with van der Waals surface area (Å²) in [6, 6.07) is 9.74. The zero-order valence-electron chi connectivity index (χ0n) is 43.9. The van der Waals surface area contributed by atoms with Gasteiger partial charge < -0.3 is 0 Å². The van der Waals surface area contributed by atoms with Gasteiger partial charge in [-0.15, -0.1) is 0 Å². The minimum atomic E-state index is -0.463. The first-order valence-corrected chi connectivity index (χ1v) is 27.1. The summed E-state index contributed by atoms with van der Waals surface area (Å²) in [6.07, 6.45) is 4.46. The van der Waals surface area contributed by atoms with Crippen molar-refractivity contribution in [1.29, 1.82) is 15.8 Å². The predicted octanol–water partition coefficient (Wildman–Crippen LogP) is 10.1. The van der Waals surface area contributed by atoms with Crippen molar-refractivity contribution < 1.29 is 13.2 Å². The molecule has 1 unspecified atom stereocenters. The molecule has 0 fully saturated rings. The molecule has 0 saturated heterocycles. The second-order valence-corrected chi connectivity index (χ2v) is 25.1. The van der Waals surface area contributed by atoms with Gasteiger partial charge in [0.2, 0.25) is 0 Å². The van der Waals surface area contributed by atoms with E-state index >= 15 is 0 Å². The third kappa shape index (κ3) is 11.9. The molecule has 9 rings (SSSR count). The normalized spacial score (nSPS) is 17.0. The Morgan fingerprint density at radius 3 is 0.920 bits per heavy atom. The molecule has 0 spiro atoms. The second-order valence-electron chi connectivity index (χ2n) is 22.1. The standard InChI is InChI=1S/3C18H19FN4OS/c3*1-10-8-23-16(24)12(6-20)14(22-17(23)25-9-10)11-5-13(19)15(21-7-11)18(2,3)4/h3*5,7,10H,8-9H2,1-4H3/t2*10-;/m10./s1. The number of nitriles is 3. The molecule has 0 aromatic carbocycles. The van der Waals surface area contributed by atoms with E-state index in [0.29, 0.717) is 86.6 Å². The van der Waals surface area contributed by atoms with Crippen LogP contribution in [0, 0.1) is 69.2 Å². The fourth-order valence-corrected chi connectivity index (χ4v) is 11.5. The largest absolute Gasteiger partial charge is 0.286 e. The Morgan fingerprint density at radius 1 is 0.480 bits per heavy atom. The van der Waals surface area contributed by atoms with E-state index in [1.807, 2.05) is 101 Å². The number of hydrogen-bond donors (Lipinski definition) is 0. The van der Waals surface area contributed by atoms with Gasteiger partial charge in [0.05, 0.1) is 34.2 Å². The summed E-state index contributed by atoms with van der Waals surface area (Å²) >= 11 is 4.44. The van der Waals surface area contributed by atoms with Crippen molar-refractivity contribution in [2.45, 2.75) is 134 Å². The van der Waals surface area contributed by atoms with Crippen LogP contribution in [0.1, 0.15) is 117 Å². The molecule has 390 valence electrons. The summed E-state index contributed by atoms with van der Waals surface area (Å²) in [5, 5.41) is 30.1. The van der Waals surface area contributed by atoms with Crippen LogP contribution in [0.4, 0.5) is 13.2 Å². The van der Waals surface area contributed by atoms with Gasteiger partial charge in [0, 0.05) is 88.4 Å². The van der Waals surface area contributed by atoms with Crippen LogP contribution in [0.15, 0.2) is 66.6 Å². The fraction of sp³-hybridized carbons (Fsp3) is 0.444. The van der Waals surface area contributed by atoms with E-state index in [0.717, 1.165) is 17.3 Å². The van der Waals surface area contributed by atoms with Gasteiger partial charge in [-0.05, 0) is 36.0 Å². The van der Waals surface area contributed by atoms with E-state index in [2.05, 4.69) is 29.9 Å². The molecule has 0 saturated carbocycles. The molecule has 0 N–H and O–H groups in total. The van der Waals surface area contributed by atoms with Gasteiger partial charge in [-0.25, -0.2) is 28.1 Å². The molecule has 21 heteroatoms. The second kappa shape index (κ2) is 21.9. The summed E-state index contributed by atoms with van der Waals surface area (Å²) in [7, 11) is 0. The molecular formula is C54H57F3N12O3S3. The molecule has 0 bridgehead atoms. The molecule has 15 nitrogen and oxygen atoms in total. The SMILES string of the molecule is CC1CSc2nc(-c3cnc(C(C)(C)C)c(F)c3)c(C#N)c(=O)n2C1.C[C@@H]1CSc2nc(-c3cnc(C(C)(C)C)c(F)c3)c(C#N)c(=O)n2C1.C[C@H]1CSc2nc(-c3cnc(C(C)(C)C)c(F)c3)c(C#N)c(=O)n2C1. The number of thioether (sulfide) groups is 3. The number of rotatable bonds is 3. The predicted molar refractivity (Wildman–Crippen MR) is 285 cm³/mol. The van der Waals surface area contributed by atoms with Crippen LogP contribution in [-0.2, 0) is 35.9 Å². The van der Waals surface area contributed by atoms with Crippen LogP contribution in [0.2, 0.25) is 0 Å². The van der Waals surface area contributed by atoms with Crippen LogP contribution in [-0.4, -0.2) is 60.9 Å². The van der Waals surface area contributed by atoms with Crippen molar-refractivity contribution in [2.24, 2.45) is 17.8 Å². The van der Waals surface area contributed by atoms with E-state index in [-0.39, 0.29) is 50.4 Å². The van der Waals surface area contributed by atoms with Crippen molar-refractivity contribution in [1.82, 2.24) is 43.6 Å². The Balaban J connectivity index is 0.000000164. The number of nitrogens with zero attached hydrogens (tertiary/aromatic N) is 12. The molecular weight excluding hydrogens is 1020 g/mol. The molecule has 0 radical (unpaired) electrons. The summed E-state index contributed by atoms with van der Waals surface area (Å²) < 4.78 is 48.1. The lowest BCUT2D eigenvalue weighted by Crippen LogP contribution is -2.32. The first-order valence-electron chi connectivity index (χ1n) is 24.2. The zero-order chi connectivity index (χ0) is 55.1. The number of aromatic nitrogens is 9. The van der Waals surface area contributed by atoms with Gasteiger partial charge in [0.1, 0.15) is 52.3 Å². The molecule has 0 amide bonds. The third-order valence-electron chi connectivity index (χ3n) is 12.2. The maximum absolute atomic E-state index is 14.5. The van der Waals surface area contributed by atoms with E-state index in [9.17, 15) is 43.3 Å². The number of halogens is 3. The average molecular weight is 1080 g/mol. The molecule has 0 aliphatic carbocycles. The van der Waals surface area contributed by atoms with Crippen molar-refractivity contribution in [3.8, 4) is 52.0 Å². The van der Waals surface area contributed by atoms with E-state index in [1.165, 1.54) is 85.8 Å². The van der Waals surface area contributed by atoms with Gasteiger partial charge in [-0.2, -0.15) is 15.8 Å². The van der Waals surface area contributed by atoms with Crippen LogP contribution in [0.5, 0.6) is 0 Å². The van der Waals surface area contributed by atoms with Gasteiger partial charge in [0.25, 0.3) is 16.7 Å². The van der Waals surface area contributed by atoms with Crippen LogP contribution >= 0.6 is 35.3 Å².